The lowest BCUT2D eigenvalue weighted by molar-refractivity contribution is -0.131. The van der Waals surface area contributed by atoms with Crippen LogP contribution in [0.4, 0.5) is 0 Å². The van der Waals surface area contributed by atoms with E-state index in [1.807, 2.05) is 5.01 Å². The van der Waals surface area contributed by atoms with Gasteiger partial charge in [-0.25, -0.2) is 5.43 Å². The molecule has 2 heterocycles. The molecule has 2 saturated heterocycles. The van der Waals surface area contributed by atoms with Crippen molar-refractivity contribution in [1.29, 1.82) is 0 Å². The first-order valence-electron chi connectivity index (χ1n) is 6.60. The molecule has 3 aliphatic rings. The van der Waals surface area contributed by atoms with Crippen molar-refractivity contribution < 1.29 is 4.79 Å². The van der Waals surface area contributed by atoms with E-state index in [9.17, 15) is 4.79 Å². The van der Waals surface area contributed by atoms with E-state index in [1.165, 1.54) is 32.1 Å². The molecule has 0 aromatic carbocycles. The fraction of sp³-hybridized carbons (Fsp3) is 0.917. The van der Waals surface area contributed by atoms with Gasteiger partial charge in [-0.2, -0.15) is 0 Å². The smallest absolute Gasteiger partial charge is 0.238 e. The highest BCUT2D eigenvalue weighted by Gasteiger charge is 2.45. The second kappa shape index (κ2) is 4.00. The van der Waals surface area contributed by atoms with E-state index in [1.54, 1.807) is 0 Å². The zero-order chi connectivity index (χ0) is 11.0. The number of rotatable bonds is 1. The van der Waals surface area contributed by atoms with Crippen LogP contribution in [0, 0.1) is 0 Å². The molecule has 90 valence electrons. The fourth-order valence-corrected chi connectivity index (χ4v) is 3.40. The summed E-state index contributed by atoms with van der Waals surface area (Å²) in [7, 11) is 0. The minimum absolute atomic E-state index is 0.123. The number of carbonyl (C=O) groups excluding carboxylic acids is 1. The molecule has 1 saturated carbocycles. The van der Waals surface area contributed by atoms with Gasteiger partial charge in [-0.05, 0) is 25.8 Å². The number of carbonyl (C=O) groups is 1. The largest absolute Gasteiger partial charge is 0.315 e. The molecule has 0 bridgehead atoms. The summed E-state index contributed by atoms with van der Waals surface area (Å²) in [5.74, 6) is 0.315. The molecule has 1 aliphatic carbocycles. The van der Waals surface area contributed by atoms with Crippen LogP contribution in [0.5, 0.6) is 0 Å². The molecular weight excluding hydrogens is 202 g/mol. The highest BCUT2D eigenvalue weighted by Crippen LogP contribution is 2.36. The Morgan fingerprint density at radius 3 is 2.75 bits per heavy atom. The van der Waals surface area contributed by atoms with Gasteiger partial charge >= 0.3 is 0 Å². The van der Waals surface area contributed by atoms with Crippen molar-refractivity contribution in [3.8, 4) is 0 Å². The standard InChI is InChI=1S/C12H21N3O/c16-11-8-12(5-2-1-3-6-12)14-15(11)10-4-7-13-9-10/h10,13-14H,1-9H2. The van der Waals surface area contributed by atoms with Gasteiger partial charge in [-0.3, -0.25) is 9.80 Å². The van der Waals surface area contributed by atoms with Crippen molar-refractivity contribution in [3.63, 3.8) is 0 Å². The van der Waals surface area contributed by atoms with E-state index in [-0.39, 0.29) is 5.54 Å². The zero-order valence-electron chi connectivity index (χ0n) is 9.80. The van der Waals surface area contributed by atoms with Crippen LogP contribution in [0.25, 0.3) is 0 Å². The first kappa shape index (κ1) is 10.5. The van der Waals surface area contributed by atoms with E-state index in [0.717, 1.165) is 25.9 Å². The molecule has 4 nitrogen and oxygen atoms in total. The summed E-state index contributed by atoms with van der Waals surface area (Å²) in [6.45, 7) is 2.00. The van der Waals surface area contributed by atoms with Crippen molar-refractivity contribution in [1.82, 2.24) is 15.8 Å². The molecule has 0 aromatic rings. The summed E-state index contributed by atoms with van der Waals surface area (Å²) in [5.41, 5.74) is 3.66. The van der Waals surface area contributed by atoms with Crippen LogP contribution in [0.3, 0.4) is 0 Å². The maximum Gasteiger partial charge on any atom is 0.238 e. The Kier molecular flexibility index (Phi) is 2.64. The molecule has 1 atom stereocenters. The summed E-state index contributed by atoms with van der Waals surface area (Å²) in [6.07, 6.45) is 8.06. The molecule has 4 heteroatoms. The van der Waals surface area contributed by atoms with Crippen LogP contribution in [0.1, 0.15) is 44.9 Å². The van der Waals surface area contributed by atoms with Crippen molar-refractivity contribution in [2.24, 2.45) is 0 Å². The Hall–Kier alpha value is -0.610. The monoisotopic (exact) mass is 223 g/mol. The third-order valence-corrected chi connectivity index (χ3v) is 4.33. The van der Waals surface area contributed by atoms with E-state index in [2.05, 4.69) is 10.7 Å². The van der Waals surface area contributed by atoms with Crippen LogP contribution >= 0.6 is 0 Å². The molecule has 0 radical (unpaired) electrons. The van der Waals surface area contributed by atoms with Gasteiger partial charge in [-0.1, -0.05) is 19.3 Å². The molecule has 16 heavy (non-hydrogen) atoms. The third-order valence-electron chi connectivity index (χ3n) is 4.33. The Labute approximate surface area is 96.7 Å². The lowest BCUT2D eigenvalue weighted by atomic mass is 9.81. The predicted molar refractivity (Wildman–Crippen MR) is 61.7 cm³/mol. The number of hydrogen-bond donors (Lipinski definition) is 2. The summed E-state index contributed by atoms with van der Waals surface area (Å²) < 4.78 is 0. The first-order chi connectivity index (χ1) is 7.79. The molecule has 1 unspecified atom stereocenters. The van der Waals surface area contributed by atoms with Crippen LogP contribution < -0.4 is 10.7 Å². The van der Waals surface area contributed by atoms with Crippen molar-refractivity contribution in [3.05, 3.63) is 0 Å². The number of hydrogen-bond acceptors (Lipinski definition) is 3. The van der Waals surface area contributed by atoms with Crippen LogP contribution in [0.15, 0.2) is 0 Å². The topological polar surface area (TPSA) is 44.4 Å². The Morgan fingerprint density at radius 1 is 1.25 bits per heavy atom. The molecule has 1 amide bonds. The highest BCUT2D eigenvalue weighted by atomic mass is 16.2. The number of nitrogens with one attached hydrogen (secondary N) is 2. The lowest BCUT2D eigenvalue weighted by Crippen LogP contribution is -2.51. The second-order valence-electron chi connectivity index (χ2n) is 5.54. The van der Waals surface area contributed by atoms with Gasteiger partial charge in [0.15, 0.2) is 0 Å². The summed E-state index contributed by atoms with van der Waals surface area (Å²) in [6, 6.07) is 0.383. The summed E-state index contributed by atoms with van der Waals surface area (Å²) >= 11 is 0. The SMILES string of the molecule is O=C1CC2(CCCCC2)NN1C1CCNC1. The minimum atomic E-state index is 0.123. The van der Waals surface area contributed by atoms with Crippen LogP contribution in [0.2, 0.25) is 0 Å². The number of hydrazine groups is 1. The van der Waals surface area contributed by atoms with Crippen LogP contribution in [-0.2, 0) is 4.79 Å². The Balaban J connectivity index is 1.70. The molecule has 3 rings (SSSR count). The van der Waals surface area contributed by atoms with Crippen LogP contribution in [-0.4, -0.2) is 35.6 Å². The molecule has 3 fully saturated rings. The molecule has 2 aliphatic heterocycles. The average molecular weight is 223 g/mol. The molecule has 1 spiro atoms. The van der Waals surface area contributed by atoms with Gasteiger partial charge in [0.1, 0.15) is 0 Å². The quantitative estimate of drug-likeness (QED) is 0.691. The third kappa shape index (κ3) is 1.74. The van der Waals surface area contributed by atoms with Crippen molar-refractivity contribution >= 4 is 5.91 Å². The van der Waals surface area contributed by atoms with E-state index < -0.39 is 0 Å². The fourth-order valence-electron chi connectivity index (χ4n) is 3.40. The van der Waals surface area contributed by atoms with Gasteiger partial charge in [0.2, 0.25) is 5.91 Å². The lowest BCUT2D eigenvalue weighted by Gasteiger charge is -2.34. The van der Waals surface area contributed by atoms with Gasteiger partial charge in [0.25, 0.3) is 0 Å². The Bertz CT molecular complexity index is 280. The van der Waals surface area contributed by atoms with Gasteiger partial charge in [0, 0.05) is 18.5 Å². The molecule has 2 N–H and O–H groups in total. The molecular formula is C12H21N3O. The summed E-state index contributed by atoms with van der Waals surface area (Å²) in [4.78, 5) is 12.1. The Morgan fingerprint density at radius 2 is 2.06 bits per heavy atom. The number of nitrogens with zero attached hydrogens (tertiary/aromatic N) is 1. The average Bonchev–Trinajstić information content (AvgIpc) is 2.88. The van der Waals surface area contributed by atoms with E-state index >= 15 is 0 Å². The summed E-state index contributed by atoms with van der Waals surface area (Å²) in [5, 5.41) is 5.26. The van der Waals surface area contributed by atoms with Gasteiger partial charge < -0.3 is 5.32 Å². The predicted octanol–water partition coefficient (Wildman–Crippen LogP) is 0.788. The van der Waals surface area contributed by atoms with E-state index in [0.29, 0.717) is 11.9 Å². The normalized spacial score (nSPS) is 33.9. The van der Waals surface area contributed by atoms with Crippen molar-refractivity contribution in [2.45, 2.75) is 56.5 Å². The van der Waals surface area contributed by atoms with Gasteiger partial charge in [-0.15, -0.1) is 0 Å². The number of amides is 1. The molecule has 0 aromatic heterocycles. The van der Waals surface area contributed by atoms with E-state index in [4.69, 9.17) is 0 Å². The second-order valence-corrected chi connectivity index (χ2v) is 5.54. The zero-order valence-corrected chi connectivity index (χ0v) is 9.80. The maximum atomic E-state index is 12.1. The van der Waals surface area contributed by atoms with Crippen molar-refractivity contribution in [2.75, 3.05) is 13.1 Å². The first-order valence-corrected chi connectivity index (χ1v) is 6.60. The maximum absolute atomic E-state index is 12.1. The van der Waals surface area contributed by atoms with Gasteiger partial charge in [0.05, 0.1) is 6.04 Å². The highest BCUT2D eigenvalue weighted by molar-refractivity contribution is 5.79. The minimum Gasteiger partial charge on any atom is -0.315 e.